The van der Waals surface area contributed by atoms with Crippen molar-refractivity contribution in [2.24, 2.45) is 5.92 Å². The van der Waals surface area contributed by atoms with Crippen LogP contribution in [-0.2, 0) is 14.8 Å². The Labute approximate surface area is 192 Å². The Balaban J connectivity index is 1.86. The lowest BCUT2D eigenvalue weighted by Crippen LogP contribution is -2.44. The minimum absolute atomic E-state index is 0.0534. The number of carbonyl (C=O) groups excluding carboxylic acids is 1. The van der Waals surface area contributed by atoms with Crippen LogP contribution in [0.3, 0.4) is 0 Å². The molecule has 0 bridgehead atoms. The summed E-state index contributed by atoms with van der Waals surface area (Å²) in [5.74, 6) is 0.409. The quantitative estimate of drug-likeness (QED) is 0.707. The molecule has 2 N–H and O–H groups in total. The number of carbonyl (C=O) groups is 1. The summed E-state index contributed by atoms with van der Waals surface area (Å²) in [4.78, 5) is 14.8. The van der Waals surface area contributed by atoms with Crippen molar-refractivity contribution in [1.29, 1.82) is 0 Å². The Morgan fingerprint density at radius 2 is 1.91 bits per heavy atom. The van der Waals surface area contributed by atoms with Crippen LogP contribution in [0.4, 0.5) is 5.69 Å². The maximum Gasteiger partial charge on any atom is 0.257 e. The molecule has 1 fully saturated rings. The number of hydrogen-bond acceptors (Lipinski definition) is 6. The summed E-state index contributed by atoms with van der Waals surface area (Å²) in [7, 11) is -0.0789. The van der Waals surface area contributed by atoms with Crippen LogP contribution < -0.4 is 14.8 Å². The monoisotopic (exact) mass is 467 g/mol. The van der Waals surface area contributed by atoms with Crippen LogP contribution in [0.25, 0.3) is 0 Å². The van der Waals surface area contributed by atoms with Gasteiger partial charge in [0.1, 0.15) is 12.4 Å². The number of methoxy groups -OCH3 is 1. The first-order chi connectivity index (χ1) is 15.2. The Morgan fingerprint density at radius 3 is 2.59 bits per heavy atom. The van der Waals surface area contributed by atoms with E-state index in [1.165, 1.54) is 0 Å². The molecule has 1 amide bonds. The number of nitrogens with one attached hydrogen (secondary N) is 2. The minimum Gasteiger partial charge on any atom is -0.491 e. The highest BCUT2D eigenvalue weighted by atomic mass is 32.2. The number of amides is 1. The maximum atomic E-state index is 13.2. The largest absolute Gasteiger partial charge is 0.491 e. The summed E-state index contributed by atoms with van der Waals surface area (Å²) in [5, 5.41) is 3.08. The fourth-order valence-electron chi connectivity index (χ4n) is 4.34. The van der Waals surface area contributed by atoms with Crippen molar-refractivity contribution >= 4 is 21.6 Å². The number of nitrogens with zero attached hydrogens (tertiary/aromatic N) is 1. The van der Waals surface area contributed by atoms with Crippen LogP contribution in [0.1, 0.15) is 56.3 Å². The zero-order chi connectivity index (χ0) is 23.3. The van der Waals surface area contributed by atoms with Crippen molar-refractivity contribution in [1.82, 2.24) is 10.2 Å². The second kappa shape index (κ2) is 10.9. The number of benzene rings is 1. The molecule has 0 saturated heterocycles. The molecule has 1 aromatic carbocycles. The van der Waals surface area contributed by atoms with E-state index in [4.69, 9.17) is 9.47 Å². The molecule has 1 aliphatic heterocycles. The maximum absolute atomic E-state index is 13.2. The van der Waals surface area contributed by atoms with Gasteiger partial charge in [-0.15, -0.1) is 0 Å². The molecular formula is C23H37N3O5S. The molecular weight excluding hydrogens is 430 g/mol. The van der Waals surface area contributed by atoms with Crippen molar-refractivity contribution in [3.63, 3.8) is 0 Å². The lowest BCUT2D eigenvalue weighted by molar-refractivity contribution is 0.0281. The highest BCUT2D eigenvalue weighted by molar-refractivity contribution is 7.93. The number of rotatable bonds is 4. The molecule has 1 aromatic rings. The van der Waals surface area contributed by atoms with Crippen LogP contribution in [0.15, 0.2) is 18.2 Å². The Morgan fingerprint density at radius 1 is 1.19 bits per heavy atom. The van der Waals surface area contributed by atoms with Crippen LogP contribution in [0.2, 0.25) is 0 Å². The first-order valence-electron chi connectivity index (χ1n) is 11.5. The lowest BCUT2D eigenvalue weighted by atomic mass is 10.0. The zero-order valence-electron chi connectivity index (χ0n) is 19.6. The summed E-state index contributed by atoms with van der Waals surface area (Å²) in [6.45, 7) is 5.65. The van der Waals surface area contributed by atoms with Gasteiger partial charge in [0.05, 0.1) is 22.6 Å². The van der Waals surface area contributed by atoms with Crippen molar-refractivity contribution in [3.8, 4) is 5.75 Å². The average molecular weight is 468 g/mol. The van der Waals surface area contributed by atoms with Crippen molar-refractivity contribution in [2.75, 3.05) is 38.6 Å². The Kier molecular flexibility index (Phi) is 8.41. The number of sulfonamides is 1. The SMILES string of the molecule is CO[C@@H]1CN(C)C(=O)c2ccc(NS(=O)(=O)C3CCCCC3)cc2OC[C@H](C)NC[C@H]1C. The van der Waals surface area contributed by atoms with E-state index in [9.17, 15) is 13.2 Å². The lowest BCUT2D eigenvalue weighted by Gasteiger charge is -2.30. The third kappa shape index (κ3) is 6.14. The van der Waals surface area contributed by atoms with Crippen LogP contribution in [-0.4, -0.2) is 70.5 Å². The van der Waals surface area contributed by atoms with Crippen molar-refractivity contribution in [3.05, 3.63) is 23.8 Å². The summed E-state index contributed by atoms with van der Waals surface area (Å²) in [6.07, 6.45) is 4.22. The number of hydrogen-bond donors (Lipinski definition) is 2. The summed E-state index contributed by atoms with van der Waals surface area (Å²) < 4.78 is 40.1. The highest BCUT2D eigenvalue weighted by Gasteiger charge is 2.29. The molecule has 8 nitrogen and oxygen atoms in total. The fourth-order valence-corrected chi connectivity index (χ4v) is 5.92. The molecule has 0 spiro atoms. The predicted molar refractivity (Wildman–Crippen MR) is 126 cm³/mol. The van der Waals surface area contributed by atoms with E-state index in [0.717, 1.165) is 25.8 Å². The van der Waals surface area contributed by atoms with E-state index in [-0.39, 0.29) is 29.2 Å². The number of ether oxygens (including phenoxy) is 2. The summed E-state index contributed by atoms with van der Waals surface area (Å²) in [5.41, 5.74) is 0.823. The zero-order valence-corrected chi connectivity index (χ0v) is 20.4. The van der Waals surface area contributed by atoms with Gasteiger partial charge in [-0.2, -0.15) is 0 Å². The van der Waals surface area contributed by atoms with Gasteiger partial charge in [-0.3, -0.25) is 9.52 Å². The molecule has 32 heavy (non-hydrogen) atoms. The molecule has 1 heterocycles. The second-order valence-corrected chi connectivity index (χ2v) is 11.1. The van der Waals surface area contributed by atoms with Crippen molar-refractivity contribution < 1.29 is 22.7 Å². The third-order valence-corrected chi connectivity index (χ3v) is 8.35. The smallest absolute Gasteiger partial charge is 0.257 e. The topological polar surface area (TPSA) is 97.0 Å². The Hall–Kier alpha value is -1.84. The molecule has 1 aliphatic carbocycles. The van der Waals surface area contributed by atoms with Crippen LogP contribution >= 0.6 is 0 Å². The first-order valence-corrected chi connectivity index (χ1v) is 13.1. The van der Waals surface area contributed by atoms with Crippen molar-refractivity contribution in [2.45, 2.75) is 63.3 Å². The molecule has 1 saturated carbocycles. The molecule has 0 aromatic heterocycles. The molecule has 180 valence electrons. The molecule has 3 atom stereocenters. The standard InChI is InChI=1S/C23H37N3O5S/c1-16-13-24-17(2)15-31-21-12-18(25-32(28,29)19-8-6-5-7-9-19)10-11-20(21)23(27)26(3)14-22(16)30-4/h10-12,16-17,19,22,24-25H,5-9,13-15H2,1-4H3/t16-,17+,22-/m1/s1. The van der Waals surface area contributed by atoms with E-state index in [1.807, 2.05) is 6.92 Å². The van der Waals surface area contributed by atoms with E-state index < -0.39 is 10.0 Å². The molecule has 9 heteroatoms. The van der Waals surface area contributed by atoms with Gasteiger partial charge in [-0.05, 0) is 37.8 Å². The van der Waals surface area contributed by atoms with Gasteiger partial charge in [-0.25, -0.2) is 8.42 Å². The van der Waals surface area contributed by atoms with E-state index >= 15 is 0 Å². The number of fused-ring (bicyclic) bond motifs is 1. The average Bonchev–Trinajstić information content (AvgIpc) is 2.78. The molecule has 0 radical (unpaired) electrons. The van der Waals surface area contributed by atoms with Gasteiger partial charge >= 0.3 is 0 Å². The molecule has 2 aliphatic rings. The van der Waals surface area contributed by atoms with Gasteiger partial charge in [0, 0.05) is 39.4 Å². The predicted octanol–water partition coefficient (Wildman–Crippen LogP) is 2.85. The van der Waals surface area contributed by atoms with Gasteiger partial charge in [-0.1, -0.05) is 26.2 Å². The van der Waals surface area contributed by atoms with E-state index in [0.29, 0.717) is 43.0 Å². The number of anilines is 1. The minimum atomic E-state index is -3.48. The van der Waals surface area contributed by atoms with Gasteiger partial charge in [0.25, 0.3) is 5.91 Å². The van der Waals surface area contributed by atoms with Gasteiger partial charge in [0.15, 0.2) is 0 Å². The van der Waals surface area contributed by atoms with Gasteiger partial charge < -0.3 is 19.7 Å². The van der Waals surface area contributed by atoms with Gasteiger partial charge in [0.2, 0.25) is 10.0 Å². The fraction of sp³-hybridized carbons (Fsp3) is 0.696. The molecule has 3 rings (SSSR count). The third-order valence-electron chi connectivity index (χ3n) is 6.48. The summed E-state index contributed by atoms with van der Waals surface area (Å²) >= 11 is 0. The Bertz CT molecular complexity index is 886. The van der Waals surface area contributed by atoms with Crippen LogP contribution in [0, 0.1) is 5.92 Å². The summed E-state index contributed by atoms with van der Waals surface area (Å²) in [6, 6.07) is 4.95. The second-order valence-electron chi connectivity index (χ2n) is 9.18. The normalized spacial score (nSPS) is 26.4. The van der Waals surface area contributed by atoms with E-state index in [1.54, 1.807) is 37.3 Å². The number of likely N-dealkylation sites (N-methyl/N-ethyl adjacent to an activating group) is 1. The van der Waals surface area contributed by atoms with E-state index in [2.05, 4.69) is 17.0 Å². The first kappa shape index (κ1) is 24.8. The highest BCUT2D eigenvalue weighted by Crippen LogP contribution is 2.29. The van der Waals surface area contributed by atoms with Crippen LogP contribution in [0.5, 0.6) is 5.75 Å². The molecule has 0 unspecified atom stereocenters.